The standard InChI is InChI=1S/C25H21N3O9S2/c29-24(15-18-6-10-20(11-7-18)36-38(30,31)32)28-25-22(14-17-4-2-1-3-5-17)27-23(16-26-25)19-8-12-21(13-9-19)37-39(33,34)35/h1-13,16H,14-15H2,(H,26,28,29)(H,30,31,32)(H,33,34,35). The number of anilines is 1. The van der Waals surface area contributed by atoms with Crippen molar-refractivity contribution in [1.29, 1.82) is 0 Å². The maximum atomic E-state index is 12.8. The number of carbonyl (C=O) groups excluding carboxylic acids is 1. The first-order valence-corrected chi connectivity index (χ1v) is 13.9. The molecule has 0 atom stereocenters. The molecule has 0 bridgehead atoms. The van der Waals surface area contributed by atoms with Crippen LogP contribution in [0.1, 0.15) is 16.8 Å². The third kappa shape index (κ3) is 8.58. The molecule has 0 aliphatic carbocycles. The first-order chi connectivity index (χ1) is 18.4. The maximum Gasteiger partial charge on any atom is 0.446 e. The third-order valence-corrected chi connectivity index (χ3v) is 5.96. The average molecular weight is 572 g/mol. The summed E-state index contributed by atoms with van der Waals surface area (Å²) >= 11 is 0. The van der Waals surface area contributed by atoms with Crippen LogP contribution in [-0.2, 0) is 38.4 Å². The summed E-state index contributed by atoms with van der Waals surface area (Å²) in [5, 5.41) is 2.75. The first-order valence-electron chi connectivity index (χ1n) is 11.2. The van der Waals surface area contributed by atoms with Crippen LogP contribution in [0, 0.1) is 0 Å². The molecule has 0 radical (unpaired) electrons. The predicted molar refractivity (Wildman–Crippen MR) is 140 cm³/mol. The third-order valence-electron chi connectivity index (χ3n) is 5.16. The Morgan fingerprint density at radius 2 is 1.33 bits per heavy atom. The highest BCUT2D eigenvalue weighted by Gasteiger charge is 2.15. The minimum absolute atomic E-state index is 0.0599. The molecule has 1 aromatic heterocycles. The number of rotatable bonds is 10. The van der Waals surface area contributed by atoms with E-state index in [-0.39, 0.29) is 23.7 Å². The van der Waals surface area contributed by atoms with E-state index in [1.165, 1.54) is 42.6 Å². The van der Waals surface area contributed by atoms with Gasteiger partial charge in [-0.3, -0.25) is 13.9 Å². The van der Waals surface area contributed by atoms with Crippen LogP contribution in [0.2, 0.25) is 0 Å². The lowest BCUT2D eigenvalue weighted by Gasteiger charge is -2.12. The van der Waals surface area contributed by atoms with Crippen LogP contribution in [0.25, 0.3) is 11.3 Å². The zero-order valence-corrected chi connectivity index (χ0v) is 21.6. The first kappa shape index (κ1) is 27.7. The molecule has 1 heterocycles. The number of nitrogens with zero attached hydrogens (tertiary/aromatic N) is 2. The van der Waals surface area contributed by atoms with E-state index in [1.807, 2.05) is 30.3 Å². The van der Waals surface area contributed by atoms with Gasteiger partial charge in [-0.05, 0) is 47.5 Å². The molecule has 0 aliphatic heterocycles. The van der Waals surface area contributed by atoms with Crippen molar-refractivity contribution in [3.63, 3.8) is 0 Å². The van der Waals surface area contributed by atoms with Crippen molar-refractivity contribution in [2.75, 3.05) is 5.32 Å². The molecular weight excluding hydrogens is 550 g/mol. The van der Waals surface area contributed by atoms with E-state index < -0.39 is 26.7 Å². The molecule has 0 aliphatic rings. The van der Waals surface area contributed by atoms with Crippen LogP contribution in [0.5, 0.6) is 11.5 Å². The zero-order valence-electron chi connectivity index (χ0n) is 20.0. The molecule has 14 heteroatoms. The van der Waals surface area contributed by atoms with Crippen molar-refractivity contribution in [1.82, 2.24) is 9.97 Å². The van der Waals surface area contributed by atoms with Crippen molar-refractivity contribution >= 4 is 32.5 Å². The van der Waals surface area contributed by atoms with E-state index in [4.69, 9.17) is 9.11 Å². The van der Waals surface area contributed by atoms with Gasteiger partial charge in [-0.2, -0.15) is 16.8 Å². The normalized spacial score (nSPS) is 11.5. The SMILES string of the molecule is O=C(Cc1ccc(OS(=O)(=O)O)cc1)Nc1ncc(-c2ccc(OS(=O)(=O)O)cc2)nc1Cc1ccccc1. The average Bonchev–Trinajstić information content (AvgIpc) is 2.86. The van der Waals surface area contributed by atoms with Gasteiger partial charge >= 0.3 is 20.8 Å². The van der Waals surface area contributed by atoms with Crippen molar-refractivity contribution in [2.24, 2.45) is 0 Å². The van der Waals surface area contributed by atoms with Crippen molar-refractivity contribution in [3.8, 4) is 22.8 Å². The molecule has 0 unspecified atom stereocenters. The second-order valence-electron chi connectivity index (χ2n) is 8.13. The summed E-state index contributed by atoms with van der Waals surface area (Å²) in [6, 6.07) is 20.8. The van der Waals surface area contributed by atoms with Gasteiger partial charge in [0.1, 0.15) is 11.5 Å². The Bertz CT molecular complexity index is 1680. The highest BCUT2D eigenvalue weighted by Crippen LogP contribution is 2.25. The molecule has 4 aromatic rings. The predicted octanol–water partition coefficient (Wildman–Crippen LogP) is 3.28. The van der Waals surface area contributed by atoms with E-state index in [2.05, 4.69) is 23.7 Å². The van der Waals surface area contributed by atoms with Gasteiger partial charge < -0.3 is 13.7 Å². The highest BCUT2D eigenvalue weighted by molar-refractivity contribution is 7.81. The molecule has 202 valence electrons. The van der Waals surface area contributed by atoms with Crippen LogP contribution in [0.4, 0.5) is 5.82 Å². The topological polar surface area (TPSA) is 182 Å². The smallest absolute Gasteiger partial charge is 0.362 e. The molecule has 39 heavy (non-hydrogen) atoms. The number of hydrogen-bond donors (Lipinski definition) is 3. The lowest BCUT2D eigenvalue weighted by molar-refractivity contribution is -0.115. The Morgan fingerprint density at radius 3 is 1.90 bits per heavy atom. The van der Waals surface area contributed by atoms with Crippen molar-refractivity contribution in [2.45, 2.75) is 12.8 Å². The molecule has 1 amide bonds. The fraction of sp³-hybridized carbons (Fsp3) is 0.0800. The number of carbonyl (C=O) groups is 1. The van der Waals surface area contributed by atoms with E-state index >= 15 is 0 Å². The van der Waals surface area contributed by atoms with Crippen molar-refractivity contribution < 1.29 is 39.1 Å². The number of aromatic nitrogens is 2. The van der Waals surface area contributed by atoms with E-state index in [9.17, 15) is 21.6 Å². The van der Waals surface area contributed by atoms with Gasteiger partial charge in [-0.1, -0.05) is 42.5 Å². The van der Waals surface area contributed by atoms with Gasteiger partial charge in [0.05, 0.1) is 24.0 Å². The summed E-state index contributed by atoms with van der Waals surface area (Å²) in [6.45, 7) is 0. The summed E-state index contributed by atoms with van der Waals surface area (Å²) in [6.07, 6.45) is 1.74. The van der Waals surface area contributed by atoms with Crippen LogP contribution in [0.15, 0.2) is 85.1 Å². The molecular formula is C25H21N3O9S2. The molecule has 0 fully saturated rings. The summed E-state index contributed by atoms with van der Waals surface area (Å²) in [5.41, 5.74) is 2.99. The van der Waals surface area contributed by atoms with E-state index in [0.29, 0.717) is 28.9 Å². The van der Waals surface area contributed by atoms with Crippen molar-refractivity contribution in [3.05, 3.63) is 102 Å². The molecule has 0 spiro atoms. The van der Waals surface area contributed by atoms with Gasteiger partial charge in [0.25, 0.3) is 0 Å². The van der Waals surface area contributed by atoms with E-state index in [1.54, 1.807) is 12.1 Å². The largest absolute Gasteiger partial charge is 0.446 e. The monoisotopic (exact) mass is 571 g/mol. The number of benzene rings is 3. The number of nitrogens with one attached hydrogen (secondary N) is 1. The Morgan fingerprint density at radius 1 is 0.769 bits per heavy atom. The summed E-state index contributed by atoms with van der Waals surface area (Å²) < 4.78 is 69.9. The molecule has 3 aromatic carbocycles. The summed E-state index contributed by atoms with van der Waals surface area (Å²) in [5.74, 6) is -0.349. The Kier molecular flexibility index (Phi) is 8.21. The second kappa shape index (κ2) is 11.6. The van der Waals surface area contributed by atoms with Crippen LogP contribution < -0.4 is 13.7 Å². The lowest BCUT2D eigenvalue weighted by Crippen LogP contribution is -2.17. The van der Waals surface area contributed by atoms with Crippen LogP contribution in [-0.4, -0.2) is 41.8 Å². The zero-order chi connectivity index (χ0) is 28.0. The van der Waals surface area contributed by atoms with Gasteiger partial charge in [0, 0.05) is 12.0 Å². The fourth-order valence-electron chi connectivity index (χ4n) is 3.53. The Balaban J connectivity index is 1.55. The Labute approximate surface area is 224 Å². The van der Waals surface area contributed by atoms with Gasteiger partial charge in [-0.15, -0.1) is 0 Å². The molecule has 0 saturated carbocycles. The van der Waals surface area contributed by atoms with Crippen LogP contribution in [0.3, 0.4) is 0 Å². The fourth-order valence-corrected chi connectivity index (χ4v) is 4.24. The molecule has 12 nitrogen and oxygen atoms in total. The summed E-state index contributed by atoms with van der Waals surface area (Å²) in [4.78, 5) is 21.8. The minimum atomic E-state index is -4.65. The lowest BCUT2D eigenvalue weighted by atomic mass is 10.1. The maximum absolute atomic E-state index is 12.8. The Hall–Kier alpha value is -4.37. The highest BCUT2D eigenvalue weighted by atomic mass is 32.3. The number of amides is 1. The molecule has 0 saturated heterocycles. The summed E-state index contributed by atoms with van der Waals surface area (Å²) in [7, 11) is -9.31. The molecule has 4 rings (SSSR count). The molecule has 3 N–H and O–H groups in total. The van der Waals surface area contributed by atoms with Gasteiger partial charge in [-0.25, -0.2) is 9.97 Å². The minimum Gasteiger partial charge on any atom is -0.362 e. The number of hydrogen-bond acceptors (Lipinski definition) is 9. The van der Waals surface area contributed by atoms with Gasteiger partial charge in [0.15, 0.2) is 5.82 Å². The van der Waals surface area contributed by atoms with E-state index in [0.717, 1.165) is 5.56 Å². The van der Waals surface area contributed by atoms with Gasteiger partial charge in [0.2, 0.25) is 5.91 Å². The van der Waals surface area contributed by atoms with Crippen LogP contribution >= 0.6 is 0 Å². The second-order valence-corrected chi connectivity index (χ2v) is 10.2. The quantitative estimate of drug-likeness (QED) is 0.238.